The fourth-order valence-corrected chi connectivity index (χ4v) is 3.39. The van der Waals surface area contributed by atoms with Crippen molar-refractivity contribution < 1.29 is 4.79 Å². The first-order valence-corrected chi connectivity index (χ1v) is 6.24. The Morgan fingerprint density at radius 1 is 1.28 bits per heavy atom. The molecule has 0 amide bonds. The third-order valence-corrected chi connectivity index (χ3v) is 4.15. The van der Waals surface area contributed by atoms with Crippen LogP contribution in [0.25, 0.3) is 0 Å². The summed E-state index contributed by atoms with van der Waals surface area (Å²) in [6.07, 6.45) is 6.48. The van der Waals surface area contributed by atoms with E-state index in [0.717, 1.165) is 17.7 Å². The molecule has 2 nitrogen and oxygen atoms in total. The lowest BCUT2D eigenvalue weighted by Crippen LogP contribution is -2.19. The Hall–Kier alpha value is -2.09. The van der Waals surface area contributed by atoms with Crippen molar-refractivity contribution >= 4 is 5.78 Å². The molecule has 0 radical (unpaired) electrons. The Morgan fingerprint density at radius 2 is 2.11 bits per heavy atom. The van der Waals surface area contributed by atoms with E-state index in [0.29, 0.717) is 0 Å². The molecule has 3 aliphatic rings. The predicted octanol–water partition coefficient (Wildman–Crippen LogP) is 2.55. The monoisotopic (exact) mass is 235 g/mol. The topological polar surface area (TPSA) is 20.3 Å². The lowest BCUT2D eigenvalue weighted by atomic mass is 9.98. The second-order valence-electron chi connectivity index (χ2n) is 5.06. The van der Waals surface area contributed by atoms with Gasteiger partial charge in [-0.1, -0.05) is 30.3 Å². The SMILES string of the molecule is CN1C2=CC=CC(=O)C2=C2Cc3ccccc3C21. The molecule has 1 unspecified atom stereocenters. The van der Waals surface area contributed by atoms with Crippen molar-refractivity contribution in [1.82, 2.24) is 4.90 Å². The molecule has 1 aromatic carbocycles. The molecule has 0 aromatic heterocycles. The van der Waals surface area contributed by atoms with Crippen LogP contribution in [0.2, 0.25) is 0 Å². The van der Waals surface area contributed by atoms with Crippen LogP contribution in [-0.2, 0) is 11.2 Å². The molecule has 1 aliphatic heterocycles. The van der Waals surface area contributed by atoms with Gasteiger partial charge in [0.1, 0.15) is 0 Å². The van der Waals surface area contributed by atoms with Crippen LogP contribution in [0.5, 0.6) is 0 Å². The maximum Gasteiger partial charge on any atom is 0.187 e. The van der Waals surface area contributed by atoms with E-state index in [2.05, 4.69) is 36.2 Å². The van der Waals surface area contributed by atoms with E-state index < -0.39 is 0 Å². The van der Waals surface area contributed by atoms with E-state index in [-0.39, 0.29) is 11.8 Å². The molecule has 2 aliphatic carbocycles. The van der Waals surface area contributed by atoms with Crippen LogP contribution in [-0.4, -0.2) is 17.7 Å². The molecule has 1 atom stereocenters. The minimum Gasteiger partial charge on any atom is -0.363 e. The first-order valence-electron chi connectivity index (χ1n) is 6.24. The summed E-state index contributed by atoms with van der Waals surface area (Å²) in [6, 6.07) is 8.77. The van der Waals surface area contributed by atoms with Gasteiger partial charge < -0.3 is 4.90 Å². The van der Waals surface area contributed by atoms with E-state index in [9.17, 15) is 4.79 Å². The van der Waals surface area contributed by atoms with Crippen LogP contribution in [0, 0.1) is 0 Å². The first kappa shape index (κ1) is 9.89. The highest BCUT2D eigenvalue weighted by atomic mass is 16.1. The Balaban J connectivity index is 1.96. The van der Waals surface area contributed by atoms with Crippen molar-refractivity contribution in [3.63, 3.8) is 0 Å². The van der Waals surface area contributed by atoms with Gasteiger partial charge in [-0.3, -0.25) is 4.79 Å². The van der Waals surface area contributed by atoms with Gasteiger partial charge in [0, 0.05) is 18.3 Å². The van der Waals surface area contributed by atoms with Crippen LogP contribution in [0.3, 0.4) is 0 Å². The number of allylic oxidation sites excluding steroid dienone is 4. The van der Waals surface area contributed by atoms with Crippen molar-refractivity contribution in [3.05, 3.63) is 70.5 Å². The number of hydrogen-bond donors (Lipinski definition) is 0. The summed E-state index contributed by atoms with van der Waals surface area (Å²) in [7, 11) is 2.08. The van der Waals surface area contributed by atoms with Crippen molar-refractivity contribution in [1.29, 1.82) is 0 Å². The van der Waals surface area contributed by atoms with Crippen LogP contribution in [0.1, 0.15) is 17.2 Å². The molecule has 18 heavy (non-hydrogen) atoms. The summed E-state index contributed by atoms with van der Waals surface area (Å²) in [5.41, 5.74) is 6.00. The average Bonchev–Trinajstić information content (AvgIpc) is 2.87. The highest BCUT2D eigenvalue weighted by molar-refractivity contribution is 6.10. The number of nitrogens with zero attached hydrogens (tertiary/aromatic N) is 1. The molecule has 2 heteroatoms. The molecule has 0 bridgehead atoms. The molecule has 1 heterocycles. The lowest BCUT2D eigenvalue weighted by Gasteiger charge is -2.24. The van der Waals surface area contributed by atoms with E-state index in [4.69, 9.17) is 0 Å². The molecule has 0 fully saturated rings. The van der Waals surface area contributed by atoms with Gasteiger partial charge in [0.05, 0.1) is 6.04 Å². The number of likely N-dealkylation sites (N-methyl/N-ethyl adjacent to an activating group) is 1. The van der Waals surface area contributed by atoms with Crippen LogP contribution in [0.15, 0.2) is 59.3 Å². The largest absolute Gasteiger partial charge is 0.363 e. The minimum absolute atomic E-state index is 0.157. The second-order valence-corrected chi connectivity index (χ2v) is 5.06. The Labute approximate surface area is 106 Å². The number of benzene rings is 1. The Kier molecular flexibility index (Phi) is 1.77. The maximum atomic E-state index is 12.1. The van der Waals surface area contributed by atoms with Gasteiger partial charge in [-0.25, -0.2) is 0 Å². The minimum atomic E-state index is 0.157. The van der Waals surface area contributed by atoms with E-state index in [1.165, 1.54) is 16.7 Å². The summed E-state index contributed by atoms with van der Waals surface area (Å²) in [4.78, 5) is 14.3. The number of fused-ring (bicyclic) bond motifs is 4. The highest BCUT2D eigenvalue weighted by Crippen LogP contribution is 2.49. The molecule has 1 aromatic rings. The van der Waals surface area contributed by atoms with Gasteiger partial charge in [0.15, 0.2) is 5.78 Å². The molecule has 0 saturated heterocycles. The lowest BCUT2D eigenvalue weighted by molar-refractivity contribution is -0.111. The number of carbonyl (C=O) groups is 1. The Morgan fingerprint density at radius 3 is 3.00 bits per heavy atom. The maximum absolute atomic E-state index is 12.1. The number of rotatable bonds is 0. The van der Waals surface area contributed by atoms with E-state index in [1.54, 1.807) is 6.08 Å². The van der Waals surface area contributed by atoms with Crippen LogP contribution in [0.4, 0.5) is 0 Å². The number of carbonyl (C=O) groups excluding carboxylic acids is 1. The smallest absolute Gasteiger partial charge is 0.187 e. The first-order chi connectivity index (χ1) is 8.77. The van der Waals surface area contributed by atoms with Crippen molar-refractivity contribution in [2.24, 2.45) is 0 Å². The van der Waals surface area contributed by atoms with Gasteiger partial charge >= 0.3 is 0 Å². The van der Waals surface area contributed by atoms with E-state index in [1.807, 2.05) is 12.2 Å². The van der Waals surface area contributed by atoms with Gasteiger partial charge in [-0.2, -0.15) is 0 Å². The molecule has 0 N–H and O–H groups in total. The predicted molar refractivity (Wildman–Crippen MR) is 69.9 cm³/mol. The number of hydrogen-bond acceptors (Lipinski definition) is 2. The summed E-state index contributed by atoms with van der Waals surface area (Å²) >= 11 is 0. The van der Waals surface area contributed by atoms with Gasteiger partial charge in [0.25, 0.3) is 0 Å². The molecule has 0 spiro atoms. The fraction of sp³-hybridized carbons (Fsp3) is 0.188. The quantitative estimate of drug-likeness (QED) is 0.688. The van der Waals surface area contributed by atoms with Crippen LogP contribution >= 0.6 is 0 Å². The number of ketones is 1. The summed E-state index contributed by atoms with van der Waals surface area (Å²) < 4.78 is 0. The normalized spacial score (nSPS) is 24.1. The van der Waals surface area contributed by atoms with Gasteiger partial charge in [0.2, 0.25) is 0 Å². The molecule has 4 rings (SSSR count). The van der Waals surface area contributed by atoms with Gasteiger partial charge in [-0.15, -0.1) is 0 Å². The molecular weight excluding hydrogens is 222 g/mol. The standard InChI is InChI=1S/C16H13NO/c1-17-13-7-4-8-14(18)15(13)12-9-10-5-2-3-6-11(10)16(12)17/h2-8,16H,9H2,1H3. The summed E-state index contributed by atoms with van der Waals surface area (Å²) in [5, 5.41) is 0. The molecular formula is C16H13NO. The third-order valence-electron chi connectivity index (χ3n) is 4.15. The van der Waals surface area contributed by atoms with E-state index >= 15 is 0 Å². The van der Waals surface area contributed by atoms with Crippen molar-refractivity contribution in [3.8, 4) is 0 Å². The zero-order valence-corrected chi connectivity index (χ0v) is 10.2. The highest BCUT2D eigenvalue weighted by Gasteiger charge is 2.42. The van der Waals surface area contributed by atoms with Crippen LogP contribution < -0.4 is 0 Å². The molecule has 88 valence electrons. The Bertz CT molecular complexity index is 663. The average molecular weight is 235 g/mol. The van der Waals surface area contributed by atoms with Crippen molar-refractivity contribution in [2.75, 3.05) is 7.05 Å². The van der Waals surface area contributed by atoms with Crippen molar-refractivity contribution in [2.45, 2.75) is 12.5 Å². The fourth-order valence-electron chi connectivity index (χ4n) is 3.39. The molecule has 0 saturated carbocycles. The second kappa shape index (κ2) is 3.22. The third kappa shape index (κ3) is 1.05. The summed E-state index contributed by atoms with van der Waals surface area (Å²) in [6.45, 7) is 0. The zero-order valence-electron chi connectivity index (χ0n) is 10.2. The summed E-state index contributed by atoms with van der Waals surface area (Å²) in [5.74, 6) is 0.157. The van der Waals surface area contributed by atoms with Gasteiger partial charge in [-0.05, 0) is 35.3 Å². The zero-order chi connectivity index (χ0) is 12.3.